The summed E-state index contributed by atoms with van der Waals surface area (Å²) >= 11 is 0. The molecule has 0 aromatic heterocycles. The molecular formula is C30H40N2O6. The Labute approximate surface area is 225 Å². The van der Waals surface area contributed by atoms with Crippen LogP contribution in [0.4, 0.5) is 5.69 Å². The average molecular weight is 525 g/mol. The maximum Gasteiger partial charge on any atom is 0.227 e. The zero-order valence-electron chi connectivity index (χ0n) is 23.3. The van der Waals surface area contributed by atoms with Crippen LogP contribution < -0.4 is 29.2 Å². The molecule has 5 unspecified atom stereocenters. The lowest BCUT2D eigenvalue weighted by Crippen LogP contribution is -2.52. The van der Waals surface area contributed by atoms with Gasteiger partial charge in [0.1, 0.15) is 5.75 Å². The summed E-state index contributed by atoms with van der Waals surface area (Å²) in [5.74, 6) is 2.51. The van der Waals surface area contributed by atoms with Crippen molar-refractivity contribution in [2.45, 2.75) is 58.0 Å². The number of amides is 2. The lowest BCUT2D eigenvalue weighted by atomic mass is 9.77. The third-order valence-electron chi connectivity index (χ3n) is 8.35. The molecular weight excluding hydrogens is 484 g/mol. The van der Waals surface area contributed by atoms with Crippen LogP contribution in [0.25, 0.3) is 0 Å². The van der Waals surface area contributed by atoms with Crippen molar-refractivity contribution in [2.75, 3.05) is 33.3 Å². The van der Waals surface area contributed by atoms with Crippen molar-refractivity contribution in [1.29, 1.82) is 0 Å². The Balaban J connectivity index is 1.77. The van der Waals surface area contributed by atoms with Gasteiger partial charge >= 0.3 is 0 Å². The summed E-state index contributed by atoms with van der Waals surface area (Å²) in [6, 6.07) is 10.7. The van der Waals surface area contributed by atoms with E-state index in [9.17, 15) is 9.59 Å². The molecule has 38 heavy (non-hydrogen) atoms. The molecule has 1 aliphatic carbocycles. The van der Waals surface area contributed by atoms with Gasteiger partial charge in [-0.25, -0.2) is 0 Å². The number of ether oxygens (including phenoxy) is 4. The summed E-state index contributed by atoms with van der Waals surface area (Å²) in [6.45, 7) is 4.48. The van der Waals surface area contributed by atoms with Gasteiger partial charge in [-0.2, -0.15) is 0 Å². The highest BCUT2D eigenvalue weighted by molar-refractivity contribution is 5.98. The van der Waals surface area contributed by atoms with E-state index in [1.807, 2.05) is 24.3 Å². The van der Waals surface area contributed by atoms with Gasteiger partial charge in [-0.05, 0) is 42.4 Å². The molecule has 206 valence electrons. The number of nitrogens with one attached hydrogen (secondary N) is 1. The molecule has 0 spiro atoms. The van der Waals surface area contributed by atoms with E-state index in [0.29, 0.717) is 46.9 Å². The second-order valence-corrected chi connectivity index (χ2v) is 10.4. The number of nitrogens with zero attached hydrogens (tertiary/aromatic N) is 1. The van der Waals surface area contributed by atoms with Gasteiger partial charge in [-0.1, -0.05) is 38.8 Å². The molecule has 1 aliphatic heterocycles. The van der Waals surface area contributed by atoms with Crippen LogP contribution in [0.2, 0.25) is 0 Å². The summed E-state index contributed by atoms with van der Waals surface area (Å²) in [4.78, 5) is 29.2. The molecule has 2 fully saturated rings. The molecule has 4 rings (SSSR count). The number of anilines is 1. The molecule has 2 aromatic carbocycles. The summed E-state index contributed by atoms with van der Waals surface area (Å²) in [5, 5.41) is 3.37. The zero-order chi connectivity index (χ0) is 27.4. The first-order valence-corrected chi connectivity index (χ1v) is 13.4. The maximum atomic E-state index is 13.9. The van der Waals surface area contributed by atoms with Crippen molar-refractivity contribution in [3.05, 3.63) is 42.0 Å². The second kappa shape index (κ2) is 12.0. The molecule has 2 amide bonds. The summed E-state index contributed by atoms with van der Waals surface area (Å²) in [5.41, 5.74) is 1.44. The quantitative estimate of drug-likeness (QED) is 0.514. The molecule has 5 atom stereocenters. The Morgan fingerprint density at radius 2 is 1.55 bits per heavy atom. The Kier molecular flexibility index (Phi) is 8.69. The van der Waals surface area contributed by atoms with Crippen molar-refractivity contribution >= 4 is 17.5 Å². The number of methoxy groups -OCH3 is 4. The largest absolute Gasteiger partial charge is 0.497 e. The molecule has 1 saturated carbocycles. The normalized spacial score (nSPS) is 25.5. The Morgan fingerprint density at radius 3 is 2.13 bits per heavy atom. The highest BCUT2D eigenvalue weighted by Crippen LogP contribution is 2.46. The fraction of sp³-hybridized carbons (Fsp3) is 0.533. The molecule has 8 nitrogen and oxygen atoms in total. The van der Waals surface area contributed by atoms with Gasteiger partial charge in [-0.3, -0.25) is 9.59 Å². The first-order valence-electron chi connectivity index (χ1n) is 13.4. The van der Waals surface area contributed by atoms with E-state index in [-0.39, 0.29) is 24.3 Å². The van der Waals surface area contributed by atoms with Gasteiger partial charge in [-0.15, -0.1) is 0 Å². The molecule has 1 N–H and O–H groups in total. The van der Waals surface area contributed by atoms with Crippen molar-refractivity contribution < 1.29 is 28.5 Å². The minimum atomic E-state index is -0.513. The summed E-state index contributed by atoms with van der Waals surface area (Å²) in [6.07, 6.45) is 4.01. The predicted molar refractivity (Wildman–Crippen MR) is 146 cm³/mol. The van der Waals surface area contributed by atoms with Crippen LogP contribution in [0.3, 0.4) is 0 Å². The Morgan fingerprint density at radius 1 is 0.895 bits per heavy atom. The van der Waals surface area contributed by atoms with Crippen LogP contribution in [0.1, 0.15) is 57.6 Å². The monoisotopic (exact) mass is 524 g/mol. The smallest absolute Gasteiger partial charge is 0.227 e. The van der Waals surface area contributed by atoms with E-state index in [1.54, 1.807) is 45.5 Å². The SMILES string of the molecule is COc1ccc(C2C(C(=O)NC3CCCC(C)C3C)CCC(=O)N2c2cc(OC)c(OC)c(OC)c2)cc1. The van der Waals surface area contributed by atoms with Crippen LogP contribution >= 0.6 is 0 Å². The number of benzene rings is 2. The summed E-state index contributed by atoms with van der Waals surface area (Å²) in [7, 11) is 6.24. The zero-order valence-corrected chi connectivity index (χ0v) is 23.3. The highest BCUT2D eigenvalue weighted by atomic mass is 16.5. The minimum Gasteiger partial charge on any atom is -0.497 e. The fourth-order valence-electron chi connectivity index (χ4n) is 5.94. The topological polar surface area (TPSA) is 86.3 Å². The number of hydrogen-bond donors (Lipinski definition) is 1. The van der Waals surface area contributed by atoms with Crippen LogP contribution in [-0.4, -0.2) is 46.3 Å². The van der Waals surface area contributed by atoms with E-state index < -0.39 is 12.0 Å². The van der Waals surface area contributed by atoms with Crippen molar-refractivity contribution in [1.82, 2.24) is 5.32 Å². The van der Waals surface area contributed by atoms with E-state index >= 15 is 0 Å². The molecule has 1 saturated heterocycles. The lowest BCUT2D eigenvalue weighted by molar-refractivity contribution is -0.130. The molecule has 2 aromatic rings. The first kappa shape index (κ1) is 27.6. The number of hydrogen-bond acceptors (Lipinski definition) is 6. The standard InChI is InChI=1S/C30H40N2O6/c1-18-8-7-9-24(19(18)2)31-30(34)23-14-15-27(33)32(28(23)20-10-12-22(35-3)13-11-20)21-16-25(36-4)29(38-6)26(17-21)37-5/h10-13,16-19,23-24,28H,7-9,14-15H2,1-6H3,(H,31,34). The lowest BCUT2D eigenvalue weighted by Gasteiger charge is -2.42. The molecule has 2 aliphatic rings. The van der Waals surface area contributed by atoms with Gasteiger partial charge in [0.2, 0.25) is 17.6 Å². The van der Waals surface area contributed by atoms with Gasteiger partial charge in [0.15, 0.2) is 11.5 Å². The number of piperidine rings is 1. The molecule has 0 radical (unpaired) electrons. The minimum absolute atomic E-state index is 0.0123. The van der Waals surface area contributed by atoms with E-state index in [4.69, 9.17) is 18.9 Å². The third kappa shape index (κ3) is 5.40. The van der Waals surface area contributed by atoms with Crippen LogP contribution in [0.15, 0.2) is 36.4 Å². The predicted octanol–water partition coefficient (Wildman–Crippen LogP) is 5.15. The van der Waals surface area contributed by atoms with Crippen molar-refractivity contribution in [2.24, 2.45) is 17.8 Å². The van der Waals surface area contributed by atoms with E-state index in [0.717, 1.165) is 18.4 Å². The van der Waals surface area contributed by atoms with Crippen LogP contribution in [0.5, 0.6) is 23.0 Å². The number of carbonyl (C=O) groups excluding carboxylic acids is 2. The highest BCUT2D eigenvalue weighted by Gasteiger charge is 2.43. The number of carbonyl (C=O) groups is 2. The Hall–Kier alpha value is -3.42. The molecule has 1 heterocycles. The van der Waals surface area contributed by atoms with E-state index in [2.05, 4.69) is 19.2 Å². The van der Waals surface area contributed by atoms with Gasteiger partial charge in [0.05, 0.1) is 46.1 Å². The Bertz CT molecular complexity index is 1110. The van der Waals surface area contributed by atoms with Crippen molar-refractivity contribution in [3.8, 4) is 23.0 Å². The summed E-state index contributed by atoms with van der Waals surface area (Å²) < 4.78 is 22.0. The van der Waals surface area contributed by atoms with Gasteiger partial charge in [0, 0.05) is 24.6 Å². The molecule has 8 heteroatoms. The van der Waals surface area contributed by atoms with Crippen LogP contribution in [-0.2, 0) is 9.59 Å². The molecule has 0 bridgehead atoms. The van der Waals surface area contributed by atoms with E-state index in [1.165, 1.54) is 6.42 Å². The first-order chi connectivity index (χ1) is 18.3. The van der Waals surface area contributed by atoms with Gasteiger partial charge in [0.25, 0.3) is 0 Å². The fourth-order valence-corrected chi connectivity index (χ4v) is 5.94. The van der Waals surface area contributed by atoms with Gasteiger partial charge < -0.3 is 29.2 Å². The average Bonchev–Trinajstić information content (AvgIpc) is 2.94. The van der Waals surface area contributed by atoms with Crippen molar-refractivity contribution in [3.63, 3.8) is 0 Å². The van der Waals surface area contributed by atoms with Crippen LogP contribution in [0, 0.1) is 17.8 Å². The third-order valence-corrected chi connectivity index (χ3v) is 8.35. The number of rotatable bonds is 8. The maximum absolute atomic E-state index is 13.9. The second-order valence-electron chi connectivity index (χ2n) is 10.4.